The predicted octanol–water partition coefficient (Wildman–Crippen LogP) is 1.51. The Labute approximate surface area is 111 Å². The average Bonchev–Trinajstić information content (AvgIpc) is 3.14. The van der Waals surface area contributed by atoms with Gasteiger partial charge in [0, 0.05) is 19.1 Å². The monoisotopic (exact) mass is 290 g/mol. The first-order valence-corrected chi connectivity index (χ1v) is 7.63. The molecule has 0 unspecified atom stereocenters. The summed E-state index contributed by atoms with van der Waals surface area (Å²) in [7, 11) is -4.00. The summed E-state index contributed by atoms with van der Waals surface area (Å²) in [6.07, 6.45) is 2.12. The SMILES string of the molecule is CCNS(=O)(=O)c1cc(CNC2CC2)cc(F)c1F. The van der Waals surface area contributed by atoms with Gasteiger partial charge in [0.2, 0.25) is 10.0 Å². The first-order valence-electron chi connectivity index (χ1n) is 6.15. The van der Waals surface area contributed by atoms with E-state index < -0.39 is 26.6 Å². The molecule has 0 amide bonds. The number of hydrogen-bond acceptors (Lipinski definition) is 3. The minimum atomic E-state index is -4.00. The Hall–Kier alpha value is -1.05. The third-order valence-electron chi connectivity index (χ3n) is 2.85. The highest BCUT2D eigenvalue weighted by atomic mass is 32.2. The molecule has 19 heavy (non-hydrogen) atoms. The molecule has 106 valence electrons. The van der Waals surface area contributed by atoms with E-state index in [-0.39, 0.29) is 6.54 Å². The molecular weight excluding hydrogens is 274 g/mol. The zero-order valence-corrected chi connectivity index (χ0v) is 11.4. The smallest absolute Gasteiger partial charge is 0.243 e. The molecule has 0 aromatic heterocycles. The Bertz CT molecular complexity index is 571. The minimum absolute atomic E-state index is 0.119. The molecule has 0 heterocycles. The van der Waals surface area contributed by atoms with Gasteiger partial charge in [0.1, 0.15) is 4.90 Å². The van der Waals surface area contributed by atoms with Gasteiger partial charge in [-0.05, 0) is 30.5 Å². The zero-order valence-electron chi connectivity index (χ0n) is 10.5. The van der Waals surface area contributed by atoms with Crippen LogP contribution >= 0.6 is 0 Å². The molecule has 1 aromatic carbocycles. The van der Waals surface area contributed by atoms with Gasteiger partial charge in [0.05, 0.1) is 0 Å². The van der Waals surface area contributed by atoms with Crippen LogP contribution in [0.25, 0.3) is 0 Å². The molecule has 1 saturated carbocycles. The lowest BCUT2D eigenvalue weighted by atomic mass is 10.2. The van der Waals surface area contributed by atoms with Crippen molar-refractivity contribution in [1.29, 1.82) is 0 Å². The molecule has 4 nitrogen and oxygen atoms in total. The van der Waals surface area contributed by atoms with Crippen molar-refractivity contribution < 1.29 is 17.2 Å². The summed E-state index contributed by atoms with van der Waals surface area (Å²) < 4.78 is 52.7. The molecule has 0 bridgehead atoms. The van der Waals surface area contributed by atoms with E-state index in [0.29, 0.717) is 18.2 Å². The van der Waals surface area contributed by atoms with Crippen LogP contribution in [0.5, 0.6) is 0 Å². The van der Waals surface area contributed by atoms with Crippen LogP contribution in [0.3, 0.4) is 0 Å². The fourth-order valence-corrected chi connectivity index (χ4v) is 2.91. The van der Waals surface area contributed by atoms with E-state index in [4.69, 9.17) is 0 Å². The Morgan fingerprint density at radius 3 is 2.58 bits per heavy atom. The molecular formula is C12H16F2N2O2S. The molecule has 1 aliphatic rings. The number of halogens is 2. The topological polar surface area (TPSA) is 58.2 Å². The predicted molar refractivity (Wildman–Crippen MR) is 67.1 cm³/mol. The number of hydrogen-bond donors (Lipinski definition) is 2. The van der Waals surface area contributed by atoms with Crippen molar-refractivity contribution >= 4 is 10.0 Å². The summed E-state index contributed by atoms with van der Waals surface area (Å²) in [6.45, 7) is 2.02. The Morgan fingerprint density at radius 2 is 2.00 bits per heavy atom. The van der Waals surface area contributed by atoms with Crippen molar-refractivity contribution in [2.24, 2.45) is 0 Å². The zero-order chi connectivity index (χ0) is 14.0. The van der Waals surface area contributed by atoms with Crippen molar-refractivity contribution in [2.75, 3.05) is 6.54 Å². The summed E-state index contributed by atoms with van der Waals surface area (Å²) in [6, 6.07) is 2.60. The highest BCUT2D eigenvalue weighted by Crippen LogP contribution is 2.22. The first kappa shape index (κ1) is 14.4. The number of nitrogens with one attached hydrogen (secondary N) is 2. The molecule has 0 aliphatic heterocycles. The van der Waals surface area contributed by atoms with Crippen LogP contribution in [0.2, 0.25) is 0 Å². The number of benzene rings is 1. The molecule has 0 saturated heterocycles. The van der Waals surface area contributed by atoms with Crippen molar-refractivity contribution in [2.45, 2.75) is 37.2 Å². The van der Waals surface area contributed by atoms with Gasteiger partial charge >= 0.3 is 0 Å². The molecule has 1 aliphatic carbocycles. The molecule has 1 aromatic rings. The lowest BCUT2D eigenvalue weighted by Gasteiger charge is -2.10. The van der Waals surface area contributed by atoms with Crippen LogP contribution < -0.4 is 10.0 Å². The van der Waals surface area contributed by atoms with Gasteiger partial charge in [-0.2, -0.15) is 0 Å². The van der Waals surface area contributed by atoms with Crippen molar-refractivity contribution in [3.05, 3.63) is 29.3 Å². The molecule has 1 fully saturated rings. The minimum Gasteiger partial charge on any atom is -0.310 e. The maximum atomic E-state index is 13.6. The van der Waals surface area contributed by atoms with E-state index in [1.807, 2.05) is 0 Å². The van der Waals surface area contributed by atoms with E-state index in [1.54, 1.807) is 6.92 Å². The van der Waals surface area contributed by atoms with Crippen LogP contribution in [0.15, 0.2) is 17.0 Å². The lowest BCUT2D eigenvalue weighted by molar-refractivity contribution is 0.480. The largest absolute Gasteiger partial charge is 0.310 e. The van der Waals surface area contributed by atoms with Gasteiger partial charge in [-0.1, -0.05) is 6.92 Å². The second kappa shape index (κ2) is 5.52. The Morgan fingerprint density at radius 1 is 1.32 bits per heavy atom. The van der Waals surface area contributed by atoms with E-state index in [2.05, 4.69) is 10.0 Å². The van der Waals surface area contributed by atoms with Gasteiger partial charge in [0.15, 0.2) is 11.6 Å². The molecule has 0 atom stereocenters. The highest BCUT2D eigenvalue weighted by Gasteiger charge is 2.24. The summed E-state index contributed by atoms with van der Waals surface area (Å²) in [4.78, 5) is -0.637. The molecule has 2 rings (SSSR count). The number of sulfonamides is 1. The van der Waals surface area contributed by atoms with Crippen molar-refractivity contribution in [1.82, 2.24) is 10.0 Å². The fourth-order valence-electron chi connectivity index (χ4n) is 1.73. The molecule has 2 N–H and O–H groups in total. The second-order valence-corrected chi connectivity index (χ2v) is 6.28. The van der Waals surface area contributed by atoms with Crippen LogP contribution in [0.4, 0.5) is 8.78 Å². The molecule has 0 spiro atoms. The van der Waals surface area contributed by atoms with E-state index in [1.165, 1.54) is 6.07 Å². The third-order valence-corrected chi connectivity index (χ3v) is 4.40. The normalized spacial score (nSPS) is 15.7. The summed E-state index contributed by atoms with van der Waals surface area (Å²) in [5, 5.41) is 3.13. The maximum absolute atomic E-state index is 13.6. The van der Waals surface area contributed by atoms with Gasteiger partial charge < -0.3 is 5.32 Å². The third kappa shape index (κ3) is 3.49. The van der Waals surface area contributed by atoms with Crippen molar-refractivity contribution in [3.63, 3.8) is 0 Å². The quantitative estimate of drug-likeness (QED) is 0.835. The van der Waals surface area contributed by atoms with E-state index in [0.717, 1.165) is 18.9 Å². The fraction of sp³-hybridized carbons (Fsp3) is 0.500. The van der Waals surface area contributed by atoms with Gasteiger partial charge in [-0.15, -0.1) is 0 Å². The van der Waals surface area contributed by atoms with Crippen molar-refractivity contribution in [3.8, 4) is 0 Å². The summed E-state index contributed by atoms with van der Waals surface area (Å²) in [5.41, 5.74) is 0.419. The first-order chi connectivity index (χ1) is 8.94. The van der Waals surface area contributed by atoms with Gasteiger partial charge in [0.25, 0.3) is 0 Å². The maximum Gasteiger partial charge on any atom is 0.243 e. The Balaban J connectivity index is 2.30. The molecule has 7 heteroatoms. The van der Waals surface area contributed by atoms with Gasteiger partial charge in [-0.25, -0.2) is 21.9 Å². The summed E-state index contributed by atoms with van der Waals surface area (Å²) >= 11 is 0. The standard InChI is InChI=1S/C12H16F2N2O2S/c1-2-16-19(17,18)11-6-8(5-10(13)12(11)14)7-15-9-3-4-9/h5-6,9,15-16H,2-4,7H2,1H3. The average molecular weight is 290 g/mol. The second-order valence-electron chi connectivity index (χ2n) is 4.55. The van der Waals surface area contributed by atoms with E-state index >= 15 is 0 Å². The highest BCUT2D eigenvalue weighted by molar-refractivity contribution is 7.89. The van der Waals surface area contributed by atoms with Crippen LogP contribution in [-0.4, -0.2) is 21.0 Å². The van der Waals surface area contributed by atoms with Crippen LogP contribution in [-0.2, 0) is 16.6 Å². The lowest BCUT2D eigenvalue weighted by Crippen LogP contribution is -2.25. The Kier molecular flexibility index (Phi) is 4.17. The number of rotatable bonds is 6. The van der Waals surface area contributed by atoms with E-state index in [9.17, 15) is 17.2 Å². The van der Waals surface area contributed by atoms with Gasteiger partial charge in [-0.3, -0.25) is 0 Å². The summed E-state index contributed by atoms with van der Waals surface area (Å²) in [5.74, 6) is -2.48. The van der Waals surface area contributed by atoms with Crippen LogP contribution in [0.1, 0.15) is 25.3 Å². The molecule has 0 radical (unpaired) electrons. The van der Waals surface area contributed by atoms with Crippen LogP contribution in [0, 0.1) is 11.6 Å².